The van der Waals surface area contributed by atoms with Gasteiger partial charge in [0.1, 0.15) is 34.6 Å². The van der Waals surface area contributed by atoms with E-state index in [4.69, 9.17) is 9.47 Å². The van der Waals surface area contributed by atoms with Gasteiger partial charge in [0.05, 0.1) is 25.1 Å². The monoisotopic (exact) mass is 414 g/mol. The van der Waals surface area contributed by atoms with Crippen LogP contribution in [-0.4, -0.2) is 42.2 Å². The van der Waals surface area contributed by atoms with E-state index in [0.717, 1.165) is 27.3 Å². The Hall–Kier alpha value is -2.87. The average molecular weight is 415 g/mol. The Morgan fingerprint density at radius 2 is 1.76 bits per heavy atom. The van der Waals surface area contributed by atoms with Crippen molar-refractivity contribution in [1.82, 2.24) is 15.3 Å². The van der Waals surface area contributed by atoms with Gasteiger partial charge in [0.2, 0.25) is 5.91 Å². The van der Waals surface area contributed by atoms with E-state index in [1.807, 2.05) is 38.1 Å². The zero-order valence-corrected chi connectivity index (χ0v) is 18.0. The molecular weight excluding hydrogens is 388 g/mol. The van der Waals surface area contributed by atoms with Gasteiger partial charge < -0.3 is 20.1 Å². The van der Waals surface area contributed by atoms with Crippen molar-refractivity contribution in [2.75, 3.05) is 31.6 Å². The number of fused-ring (bicyclic) bond motifs is 1. The third-order valence-electron chi connectivity index (χ3n) is 4.38. The fourth-order valence-corrected chi connectivity index (χ4v) is 3.94. The van der Waals surface area contributed by atoms with Gasteiger partial charge in [-0.3, -0.25) is 4.79 Å². The quantitative estimate of drug-likeness (QED) is 0.520. The number of anilines is 1. The highest BCUT2D eigenvalue weighted by atomic mass is 32.1. The Kier molecular flexibility index (Phi) is 6.87. The number of amides is 1. The first kappa shape index (κ1) is 20.9. The molecule has 0 saturated carbocycles. The van der Waals surface area contributed by atoms with E-state index in [1.54, 1.807) is 11.3 Å². The van der Waals surface area contributed by atoms with Crippen molar-refractivity contribution >= 4 is 33.3 Å². The highest BCUT2D eigenvalue weighted by molar-refractivity contribution is 7.18. The molecule has 2 heterocycles. The highest BCUT2D eigenvalue weighted by Crippen LogP contribution is 2.33. The van der Waals surface area contributed by atoms with Crippen LogP contribution in [-0.2, 0) is 4.79 Å². The summed E-state index contributed by atoms with van der Waals surface area (Å²) in [5.41, 5.74) is 1.15. The van der Waals surface area contributed by atoms with Crippen molar-refractivity contribution < 1.29 is 14.3 Å². The summed E-state index contributed by atoms with van der Waals surface area (Å²) in [7, 11) is 0. The predicted molar refractivity (Wildman–Crippen MR) is 116 cm³/mol. The molecular formula is C21H26N4O3S. The predicted octanol–water partition coefficient (Wildman–Crippen LogP) is 3.62. The van der Waals surface area contributed by atoms with Crippen LogP contribution in [0.2, 0.25) is 0 Å². The molecule has 2 N–H and O–H groups in total. The van der Waals surface area contributed by atoms with E-state index >= 15 is 0 Å². The zero-order valence-electron chi connectivity index (χ0n) is 17.2. The molecule has 0 atom stereocenters. The zero-order chi connectivity index (χ0) is 20.8. The lowest BCUT2D eigenvalue weighted by Crippen LogP contribution is -2.33. The van der Waals surface area contributed by atoms with Crippen molar-refractivity contribution in [2.24, 2.45) is 0 Å². The lowest BCUT2D eigenvalue weighted by atomic mass is 10.2. The SMILES string of the molecule is CCOc1ccc(OCCNC(=O)CNc2nc(C)nc3sc(C)c(C)c23)cc1. The van der Waals surface area contributed by atoms with E-state index in [9.17, 15) is 4.79 Å². The number of carbonyl (C=O) groups excluding carboxylic acids is 1. The van der Waals surface area contributed by atoms with Crippen molar-refractivity contribution in [2.45, 2.75) is 27.7 Å². The molecule has 8 heteroatoms. The molecule has 2 aromatic heterocycles. The first-order valence-corrected chi connectivity index (χ1v) is 10.4. The van der Waals surface area contributed by atoms with Crippen LogP contribution in [0.5, 0.6) is 11.5 Å². The Labute approximate surface area is 174 Å². The number of hydrogen-bond acceptors (Lipinski definition) is 7. The molecule has 0 radical (unpaired) electrons. The van der Waals surface area contributed by atoms with E-state index < -0.39 is 0 Å². The fraction of sp³-hybridized carbons (Fsp3) is 0.381. The van der Waals surface area contributed by atoms with Crippen molar-refractivity contribution in [1.29, 1.82) is 0 Å². The molecule has 0 fully saturated rings. The van der Waals surface area contributed by atoms with E-state index in [-0.39, 0.29) is 12.5 Å². The van der Waals surface area contributed by atoms with Gasteiger partial charge in [-0.25, -0.2) is 9.97 Å². The first-order valence-electron chi connectivity index (χ1n) is 9.58. The minimum absolute atomic E-state index is 0.116. The molecule has 0 saturated heterocycles. The number of benzene rings is 1. The fourth-order valence-electron chi connectivity index (χ4n) is 2.87. The van der Waals surface area contributed by atoms with E-state index in [2.05, 4.69) is 34.4 Å². The third-order valence-corrected chi connectivity index (χ3v) is 5.49. The number of nitrogens with one attached hydrogen (secondary N) is 2. The summed E-state index contributed by atoms with van der Waals surface area (Å²) in [5.74, 6) is 2.82. The normalized spacial score (nSPS) is 10.8. The Bertz CT molecular complexity index is 986. The maximum atomic E-state index is 12.2. The number of thiophene rings is 1. The van der Waals surface area contributed by atoms with Gasteiger partial charge in [0.15, 0.2) is 0 Å². The van der Waals surface area contributed by atoms with Crippen LogP contribution in [0.4, 0.5) is 5.82 Å². The van der Waals surface area contributed by atoms with Crippen molar-refractivity contribution in [3.05, 3.63) is 40.5 Å². The minimum atomic E-state index is -0.116. The number of rotatable bonds is 9. The summed E-state index contributed by atoms with van der Waals surface area (Å²) in [6, 6.07) is 7.42. The summed E-state index contributed by atoms with van der Waals surface area (Å²) in [4.78, 5) is 23.3. The second kappa shape index (κ2) is 9.56. The molecule has 29 heavy (non-hydrogen) atoms. The van der Waals surface area contributed by atoms with Gasteiger partial charge in [-0.1, -0.05) is 0 Å². The first-order chi connectivity index (χ1) is 14.0. The summed E-state index contributed by atoms with van der Waals surface area (Å²) < 4.78 is 11.0. The van der Waals surface area contributed by atoms with E-state index in [1.165, 1.54) is 4.88 Å². The second-order valence-electron chi connectivity index (χ2n) is 6.54. The Morgan fingerprint density at radius 1 is 1.07 bits per heavy atom. The summed E-state index contributed by atoms with van der Waals surface area (Å²) in [6.45, 7) is 9.50. The van der Waals surface area contributed by atoms with Crippen LogP contribution >= 0.6 is 11.3 Å². The molecule has 0 unspecified atom stereocenters. The summed E-state index contributed by atoms with van der Waals surface area (Å²) in [5, 5.41) is 6.98. The number of aromatic nitrogens is 2. The van der Waals surface area contributed by atoms with Crippen LogP contribution in [0.3, 0.4) is 0 Å². The molecule has 3 rings (SSSR count). The van der Waals surface area contributed by atoms with Crippen molar-refractivity contribution in [3.63, 3.8) is 0 Å². The molecule has 0 aliphatic carbocycles. The van der Waals surface area contributed by atoms with E-state index in [0.29, 0.717) is 31.4 Å². The largest absolute Gasteiger partial charge is 0.494 e. The van der Waals surface area contributed by atoms with Gasteiger partial charge in [-0.2, -0.15) is 0 Å². The standard InChI is InChI=1S/C21H26N4O3S/c1-5-27-16-6-8-17(9-7-16)28-11-10-22-18(26)12-23-20-19-13(2)14(3)29-21(19)25-15(4)24-20/h6-9H,5,10-12H2,1-4H3,(H,22,26)(H,23,24,25). The molecule has 0 aliphatic heterocycles. The van der Waals surface area contributed by atoms with Crippen LogP contribution in [0.25, 0.3) is 10.2 Å². The number of aryl methyl sites for hydroxylation is 3. The molecule has 0 aliphatic rings. The molecule has 1 amide bonds. The number of nitrogens with zero attached hydrogens (tertiary/aromatic N) is 2. The lowest BCUT2D eigenvalue weighted by Gasteiger charge is -2.10. The lowest BCUT2D eigenvalue weighted by molar-refractivity contribution is -0.119. The minimum Gasteiger partial charge on any atom is -0.494 e. The smallest absolute Gasteiger partial charge is 0.239 e. The van der Waals surface area contributed by atoms with Crippen LogP contribution < -0.4 is 20.1 Å². The molecule has 0 bridgehead atoms. The summed E-state index contributed by atoms with van der Waals surface area (Å²) >= 11 is 1.64. The topological polar surface area (TPSA) is 85.4 Å². The molecule has 7 nitrogen and oxygen atoms in total. The number of carbonyl (C=O) groups is 1. The molecule has 1 aromatic carbocycles. The second-order valence-corrected chi connectivity index (χ2v) is 7.74. The maximum absolute atomic E-state index is 12.2. The molecule has 154 valence electrons. The maximum Gasteiger partial charge on any atom is 0.239 e. The van der Waals surface area contributed by atoms with Gasteiger partial charge in [-0.15, -0.1) is 11.3 Å². The van der Waals surface area contributed by atoms with Crippen LogP contribution in [0.1, 0.15) is 23.2 Å². The molecule has 0 spiro atoms. The van der Waals surface area contributed by atoms with Crippen molar-refractivity contribution in [3.8, 4) is 11.5 Å². The molecule has 3 aromatic rings. The van der Waals surface area contributed by atoms with Crippen LogP contribution in [0.15, 0.2) is 24.3 Å². The van der Waals surface area contributed by atoms with Gasteiger partial charge in [0, 0.05) is 4.88 Å². The third kappa shape index (κ3) is 5.35. The highest BCUT2D eigenvalue weighted by Gasteiger charge is 2.14. The number of hydrogen-bond donors (Lipinski definition) is 2. The van der Waals surface area contributed by atoms with Gasteiger partial charge >= 0.3 is 0 Å². The Balaban J connectivity index is 1.46. The average Bonchev–Trinajstić information content (AvgIpc) is 2.98. The summed E-state index contributed by atoms with van der Waals surface area (Å²) in [6.07, 6.45) is 0. The van der Waals surface area contributed by atoms with Crippen LogP contribution in [0, 0.1) is 20.8 Å². The van der Waals surface area contributed by atoms with Gasteiger partial charge in [-0.05, 0) is 57.5 Å². The van der Waals surface area contributed by atoms with Gasteiger partial charge in [0.25, 0.3) is 0 Å². The number of ether oxygens (including phenoxy) is 2. The Morgan fingerprint density at radius 3 is 2.45 bits per heavy atom.